The minimum absolute atomic E-state index is 0.0653. The van der Waals surface area contributed by atoms with E-state index in [1.54, 1.807) is 60.6 Å². The molecular weight excluding hydrogens is 1420 g/mol. The van der Waals surface area contributed by atoms with Crippen LogP contribution in [0.2, 0.25) is 0 Å². The van der Waals surface area contributed by atoms with Gasteiger partial charge >= 0.3 is 24.4 Å². The van der Waals surface area contributed by atoms with E-state index in [4.69, 9.17) is 14.3 Å². The molecule has 0 aliphatic rings. The van der Waals surface area contributed by atoms with Crippen LogP contribution in [0.3, 0.4) is 0 Å². The Labute approximate surface area is 629 Å². The summed E-state index contributed by atoms with van der Waals surface area (Å²) >= 11 is 0. The highest BCUT2D eigenvalue weighted by Crippen LogP contribution is 2.44. The van der Waals surface area contributed by atoms with Crippen molar-refractivity contribution in [1.29, 1.82) is 0 Å². The summed E-state index contributed by atoms with van der Waals surface area (Å²) in [5.74, 6) is -20.3. The molecule has 0 spiro atoms. The number of aliphatic hydroxyl groups excluding tert-OH is 2. The second-order valence-electron chi connectivity index (χ2n) is 31.8. The first kappa shape index (κ1) is 99.6. The van der Waals surface area contributed by atoms with Crippen molar-refractivity contribution in [3.63, 3.8) is 0 Å². The number of nitrogens with zero attached hydrogens (tertiary/aromatic N) is 8. The first-order valence-electron chi connectivity index (χ1n) is 36.4. The van der Waals surface area contributed by atoms with Crippen LogP contribution < -0.4 is 16.0 Å². The number of halogens is 6. The monoisotopic (exact) mass is 1540 g/mol. The summed E-state index contributed by atoms with van der Waals surface area (Å²) in [4.78, 5) is 184. The zero-order valence-corrected chi connectivity index (χ0v) is 68.3. The highest BCUT2D eigenvalue weighted by molar-refractivity contribution is 5.99. The Bertz CT molecular complexity index is 2980. The molecule has 5 N–H and O–H groups in total. The van der Waals surface area contributed by atoms with Crippen LogP contribution in [0.25, 0.3) is 0 Å². The lowest BCUT2D eigenvalue weighted by Gasteiger charge is -2.42. The van der Waals surface area contributed by atoms with E-state index in [0.717, 1.165) is 28.8 Å². The van der Waals surface area contributed by atoms with Crippen molar-refractivity contribution in [2.45, 2.75) is 274 Å². The van der Waals surface area contributed by atoms with Crippen LogP contribution in [0.15, 0.2) is 12.2 Å². The highest BCUT2D eigenvalue weighted by Gasteiger charge is 2.66. The van der Waals surface area contributed by atoms with Gasteiger partial charge in [0.2, 0.25) is 53.2 Å². The van der Waals surface area contributed by atoms with Crippen LogP contribution in [0.4, 0.5) is 31.1 Å². The largest absolute Gasteiger partial charge is 0.458 e. The Morgan fingerprint density at radius 3 is 1.30 bits per heavy atom. The third-order valence-corrected chi connectivity index (χ3v) is 17.6. The number of aliphatic hydroxyl groups is 2. The fourth-order valence-corrected chi connectivity index (χ4v) is 11.9. The highest BCUT2D eigenvalue weighted by atomic mass is 19.4. The molecule has 0 saturated carbocycles. The lowest BCUT2D eigenvalue weighted by molar-refractivity contribution is -0.316. The maximum atomic E-state index is 15.3. The maximum absolute atomic E-state index is 15.3. The molecule has 107 heavy (non-hydrogen) atoms. The predicted molar refractivity (Wildman–Crippen MR) is 388 cm³/mol. The first-order chi connectivity index (χ1) is 48.7. The number of ether oxygens (including phenoxy) is 2. The van der Waals surface area contributed by atoms with Gasteiger partial charge in [-0.3, -0.25) is 52.8 Å². The van der Waals surface area contributed by atoms with Gasteiger partial charge in [-0.15, -0.1) is 0 Å². The number of hydrogen-bond acceptors (Lipinski definition) is 17. The Morgan fingerprint density at radius 1 is 0.477 bits per heavy atom. The van der Waals surface area contributed by atoms with E-state index in [1.165, 1.54) is 107 Å². The summed E-state index contributed by atoms with van der Waals surface area (Å²) in [6.45, 7) is 30.0. The Morgan fingerprint density at radius 2 is 0.888 bits per heavy atom. The smallest absolute Gasteiger partial charge is 0.408 e. The standard InChI is InChI=1S/C73H127F6N11O17/c1-29-31-32-45(13)57(93)55(89(28)66(101)54(44(11)12)88(27)64(99)51(37-42(7)8)87(26)63(98)50(36-41(5)6)86(25)61(96)46(14)81-69(104)107-71(19,20)21)60(95)82-48(30-2)62(97)83(22)39-53(92)84(23)52(38-43(9)10)65(100)90(105-34-33-91)56(58(72(74,75)76)73(77,78)79)67(102)85(24)49(35-40(3)4)59(94)80-47(15)68(103)106-70(16,17)18/h29,31,40-52,54-58,91,93H,30,32-39H2,1-28H3,(H,80,94)(H,81,104)(H,82,95)/b31-29+/t45-,46-,47+,48+,49+,50+,51+,52+,54+,55+,56-,57-/m1/s1. The molecule has 0 aliphatic carbocycles. The van der Waals surface area contributed by atoms with Crippen molar-refractivity contribution in [2.75, 3.05) is 69.1 Å². The van der Waals surface area contributed by atoms with Crippen molar-refractivity contribution in [3.05, 3.63) is 12.2 Å². The van der Waals surface area contributed by atoms with Crippen LogP contribution in [0, 0.1) is 41.4 Å². The summed E-state index contributed by atoms with van der Waals surface area (Å²) in [6.07, 6.45) is -12.8. The lowest BCUT2D eigenvalue weighted by atomic mass is 9.91. The molecule has 0 bridgehead atoms. The minimum atomic E-state index is -6.40. The number of hydrogen-bond donors (Lipinski definition) is 5. The van der Waals surface area contributed by atoms with Crippen molar-refractivity contribution < 1.29 is 108 Å². The van der Waals surface area contributed by atoms with E-state index in [1.807, 2.05) is 27.7 Å². The second kappa shape index (κ2) is 43.1. The SMILES string of the molecule is C/C=C/C[C@@H](C)[C@@H](O)[C@@H](C(=O)N[C@@H](CC)C(=O)N(C)CC(=O)N(C)[C@@H](CC(C)C)C(=O)N(OCCO)[C@@H](C(=O)N(C)[C@@H](CC(C)C)C(=O)N[C@@H](C)C(=O)OC(C)(C)C)C(C(F)(F)F)C(F)(F)F)N(C)C(=O)[C@H](C(C)C)N(C)C(=O)[C@H](CC(C)C)N(C)C(=O)[C@H](CC(C)C)N(C)C(=O)[C@@H](C)NC(=O)OC(C)(C)C. The number of nitrogens with one attached hydrogen (secondary N) is 3. The fourth-order valence-electron chi connectivity index (χ4n) is 11.9. The van der Waals surface area contributed by atoms with Gasteiger partial charge in [0.05, 0.1) is 25.9 Å². The summed E-state index contributed by atoms with van der Waals surface area (Å²) in [6, 6.07) is -17.6. The summed E-state index contributed by atoms with van der Waals surface area (Å²) in [7, 11) is 8.11. The molecule has 34 heteroatoms. The molecule has 12 atom stereocenters. The number of carbonyl (C=O) groups is 12. The van der Waals surface area contributed by atoms with Gasteiger partial charge in [0.15, 0.2) is 12.0 Å². The molecule has 0 aromatic rings. The average Bonchev–Trinajstić information content (AvgIpc) is 0.766. The fraction of sp³-hybridized carbons (Fsp3) is 0.808. The van der Waals surface area contributed by atoms with Crippen LogP contribution in [-0.2, 0) is 67.1 Å². The zero-order valence-electron chi connectivity index (χ0n) is 68.3. The Kier molecular flexibility index (Phi) is 40.2. The number of hydroxylamine groups is 2. The molecule has 618 valence electrons. The molecule has 0 fully saturated rings. The first-order valence-corrected chi connectivity index (χ1v) is 36.4. The van der Waals surface area contributed by atoms with E-state index < -0.39 is 228 Å². The third-order valence-electron chi connectivity index (χ3n) is 17.6. The number of esters is 1. The van der Waals surface area contributed by atoms with E-state index >= 15 is 40.7 Å². The van der Waals surface area contributed by atoms with Gasteiger partial charge in [-0.1, -0.05) is 95.2 Å². The number of rotatable bonds is 40. The summed E-state index contributed by atoms with van der Waals surface area (Å²) in [5.41, 5.74) is -1.95. The summed E-state index contributed by atoms with van der Waals surface area (Å²) in [5, 5.41) is 29.0. The van der Waals surface area contributed by atoms with E-state index in [2.05, 4.69) is 16.0 Å². The van der Waals surface area contributed by atoms with E-state index in [-0.39, 0.29) is 42.4 Å². The Balaban J connectivity index is 7.85. The van der Waals surface area contributed by atoms with Gasteiger partial charge in [-0.25, -0.2) is 14.7 Å². The molecule has 0 rings (SSSR count). The van der Waals surface area contributed by atoms with Crippen molar-refractivity contribution in [2.24, 2.45) is 41.4 Å². The minimum Gasteiger partial charge on any atom is -0.458 e. The summed E-state index contributed by atoms with van der Waals surface area (Å²) < 4.78 is 102. The van der Waals surface area contributed by atoms with Gasteiger partial charge in [-0.05, 0) is 136 Å². The van der Waals surface area contributed by atoms with Crippen LogP contribution in [0.5, 0.6) is 0 Å². The molecule has 28 nitrogen and oxygen atoms in total. The maximum Gasteiger partial charge on any atom is 0.408 e. The van der Waals surface area contributed by atoms with E-state index in [9.17, 15) is 53.4 Å². The number of alkyl halides is 6. The van der Waals surface area contributed by atoms with Gasteiger partial charge in [-0.2, -0.15) is 26.3 Å². The van der Waals surface area contributed by atoms with Crippen LogP contribution in [0.1, 0.15) is 184 Å². The normalized spacial score (nSPS) is 15.8. The number of amides is 11. The molecular formula is C73H127F6N11O17. The molecule has 0 aliphatic heterocycles. The molecule has 11 amide bonds. The van der Waals surface area contributed by atoms with Crippen LogP contribution >= 0.6 is 0 Å². The Hall–Kier alpha value is -7.36. The van der Waals surface area contributed by atoms with Gasteiger partial charge in [0.25, 0.3) is 5.91 Å². The molecule has 0 aromatic heterocycles. The van der Waals surface area contributed by atoms with Gasteiger partial charge in [0.1, 0.15) is 65.6 Å². The molecule has 0 radical (unpaired) electrons. The lowest BCUT2D eigenvalue weighted by Crippen LogP contribution is -2.65. The third kappa shape index (κ3) is 30.9. The number of likely N-dealkylation sites (N-methyl/N-ethyl adjacent to an activating group) is 7. The van der Waals surface area contributed by atoms with Gasteiger partial charge in [0, 0.05) is 49.3 Å². The van der Waals surface area contributed by atoms with Crippen molar-refractivity contribution in [1.82, 2.24) is 55.3 Å². The topological polar surface area (TPSA) is 335 Å². The molecule has 0 heterocycles. The van der Waals surface area contributed by atoms with Crippen LogP contribution in [-0.4, -0.2) is 280 Å². The van der Waals surface area contributed by atoms with Crippen molar-refractivity contribution in [3.8, 4) is 0 Å². The number of allylic oxidation sites excluding steroid dienone is 2. The molecule has 0 saturated heterocycles. The molecule has 0 aromatic carbocycles. The van der Waals surface area contributed by atoms with Gasteiger partial charge < -0.3 is 69.9 Å². The number of alkyl carbamates (subject to hydrolysis) is 1. The predicted octanol–water partition coefficient (Wildman–Crippen LogP) is 6.73. The quantitative estimate of drug-likeness (QED) is 0.0184. The van der Waals surface area contributed by atoms with Crippen molar-refractivity contribution >= 4 is 71.1 Å². The second-order valence-corrected chi connectivity index (χ2v) is 31.8. The zero-order chi connectivity index (χ0) is 84.0. The number of carbonyl (C=O) groups excluding carboxylic acids is 12. The van der Waals surface area contributed by atoms with E-state index in [0.29, 0.717) is 11.9 Å². The average molecular weight is 1540 g/mol. The molecule has 0 unspecified atom stereocenters.